The Morgan fingerprint density at radius 2 is 1.75 bits per heavy atom. The normalized spacial score (nSPS) is 17.0. The zero-order chi connectivity index (χ0) is 20.9. The molecule has 5 nitrogen and oxygen atoms in total. The number of alkyl halides is 3. The van der Waals surface area contributed by atoms with Crippen LogP contribution in [0.15, 0.2) is 23.2 Å². The van der Waals surface area contributed by atoms with E-state index in [1.165, 1.54) is 12.1 Å². The van der Waals surface area contributed by atoms with Gasteiger partial charge >= 0.3 is 6.18 Å². The van der Waals surface area contributed by atoms with Crippen LogP contribution in [-0.2, 0) is 12.7 Å². The zero-order valence-electron chi connectivity index (χ0n) is 17.5. The van der Waals surface area contributed by atoms with Gasteiger partial charge in [-0.2, -0.15) is 13.2 Å². The number of likely N-dealkylation sites (N-methyl/N-ethyl adjacent to an activating group) is 1. The van der Waals surface area contributed by atoms with Gasteiger partial charge in [-0.15, -0.1) is 0 Å². The average Bonchev–Trinajstić information content (AvgIpc) is 2.58. The average molecular weight is 400 g/mol. The molecule has 1 heterocycles. The standard InChI is InChI=1S/C20H32F3N5/c1-6-24-18(26-19(2,3)4)25-14-15-13-16(20(21,22)23)7-8-17(15)28-11-9-27(5)10-12-28/h7-8,13H,6,9-12,14H2,1-5H3,(H2,24,25,26). The van der Waals surface area contributed by atoms with E-state index in [0.717, 1.165) is 31.9 Å². The van der Waals surface area contributed by atoms with Crippen LogP contribution in [0.3, 0.4) is 0 Å². The van der Waals surface area contributed by atoms with E-state index in [0.29, 0.717) is 18.1 Å². The topological polar surface area (TPSA) is 42.9 Å². The minimum absolute atomic E-state index is 0.178. The van der Waals surface area contributed by atoms with Crippen molar-refractivity contribution in [3.8, 4) is 0 Å². The first-order chi connectivity index (χ1) is 13.0. The highest BCUT2D eigenvalue weighted by atomic mass is 19.4. The lowest BCUT2D eigenvalue weighted by molar-refractivity contribution is -0.137. The van der Waals surface area contributed by atoms with Crippen LogP contribution in [0.1, 0.15) is 38.8 Å². The summed E-state index contributed by atoms with van der Waals surface area (Å²) in [5.41, 5.74) is 0.584. The molecule has 158 valence electrons. The van der Waals surface area contributed by atoms with Crippen LogP contribution in [0, 0.1) is 0 Å². The van der Waals surface area contributed by atoms with Crippen LogP contribution < -0.4 is 15.5 Å². The maximum Gasteiger partial charge on any atom is 0.416 e. The smallest absolute Gasteiger partial charge is 0.369 e. The van der Waals surface area contributed by atoms with Crippen molar-refractivity contribution in [1.29, 1.82) is 0 Å². The second kappa shape index (κ2) is 9.03. The molecule has 0 atom stereocenters. The quantitative estimate of drug-likeness (QED) is 0.602. The van der Waals surface area contributed by atoms with Crippen molar-refractivity contribution in [3.05, 3.63) is 29.3 Å². The first-order valence-corrected chi connectivity index (χ1v) is 9.69. The lowest BCUT2D eigenvalue weighted by Crippen LogP contribution is -2.47. The predicted octanol–water partition coefficient (Wildman–Crippen LogP) is 3.31. The van der Waals surface area contributed by atoms with Gasteiger partial charge in [-0.05, 0) is 58.5 Å². The Morgan fingerprint density at radius 1 is 1.11 bits per heavy atom. The van der Waals surface area contributed by atoms with E-state index in [-0.39, 0.29) is 12.1 Å². The Morgan fingerprint density at radius 3 is 2.29 bits per heavy atom. The van der Waals surface area contributed by atoms with Crippen molar-refractivity contribution in [2.24, 2.45) is 4.99 Å². The summed E-state index contributed by atoms with van der Waals surface area (Å²) >= 11 is 0. The Labute approximate surface area is 166 Å². The maximum absolute atomic E-state index is 13.3. The van der Waals surface area contributed by atoms with Gasteiger partial charge in [0, 0.05) is 44.0 Å². The van der Waals surface area contributed by atoms with Gasteiger partial charge in [0.05, 0.1) is 12.1 Å². The van der Waals surface area contributed by atoms with E-state index in [2.05, 4.69) is 32.5 Å². The number of benzene rings is 1. The number of guanidine groups is 1. The van der Waals surface area contributed by atoms with Crippen molar-refractivity contribution in [2.45, 2.75) is 46.0 Å². The SMILES string of the molecule is CCNC(=NCc1cc(C(F)(F)F)ccc1N1CCN(C)CC1)NC(C)(C)C. The molecular formula is C20H32F3N5. The van der Waals surface area contributed by atoms with Crippen molar-refractivity contribution in [2.75, 3.05) is 44.7 Å². The number of hydrogen-bond donors (Lipinski definition) is 2. The summed E-state index contributed by atoms with van der Waals surface area (Å²) in [6.07, 6.45) is -4.37. The molecule has 0 spiro atoms. The van der Waals surface area contributed by atoms with Gasteiger partial charge in [0.2, 0.25) is 0 Å². The van der Waals surface area contributed by atoms with Gasteiger partial charge < -0.3 is 20.4 Å². The van der Waals surface area contributed by atoms with Crippen LogP contribution >= 0.6 is 0 Å². The van der Waals surface area contributed by atoms with Crippen molar-refractivity contribution in [3.63, 3.8) is 0 Å². The summed E-state index contributed by atoms with van der Waals surface area (Å²) in [6.45, 7) is 12.2. The van der Waals surface area contributed by atoms with Crippen molar-refractivity contribution < 1.29 is 13.2 Å². The maximum atomic E-state index is 13.3. The first-order valence-electron chi connectivity index (χ1n) is 9.69. The monoisotopic (exact) mass is 399 g/mol. The Bertz CT molecular complexity index is 671. The number of nitrogens with one attached hydrogen (secondary N) is 2. The second-order valence-corrected chi connectivity index (χ2v) is 8.20. The van der Waals surface area contributed by atoms with Crippen LogP contribution in [0.2, 0.25) is 0 Å². The summed E-state index contributed by atoms with van der Waals surface area (Å²) in [7, 11) is 2.05. The van der Waals surface area contributed by atoms with E-state index in [9.17, 15) is 13.2 Å². The van der Waals surface area contributed by atoms with E-state index in [1.54, 1.807) is 6.07 Å². The van der Waals surface area contributed by atoms with Gasteiger partial charge in [-0.1, -0.05) is 0 Å². The highest BCUT2D eigenvalue weighted by Gasteiger charge is 2.31. The summed E-state index contributed by atoms with van der Waals surface area (Å²) in [6, 6.07) is 3.99. The molecule has 8 heteroatoms. The Kier molecular flexibility index (Phi) is 7.20. The molecule has 0 amide bonds. The molecule has 1 fully saturated rings. The van der Waals surface area contributed by atoms with Gasteiger partial charge in [-0.25, -0.2) is 4.99 Å². The highest BCUT2D eigenvalue weighted by Crippen LogP contribution is 2.33. The molecule has 0 aliphatic carbocycles. The van der Waals surface area contributed by atoms with E-state index in [1.807, 2.05) is 27.7 Å². The lowest BCUT2D eigenvalue weighted by atomic mass is 10.1. The third-order valence-electron chi connectivity index (χ3n) is 4.50. The number of anilines is 1. The van der Waals surface area contributed by atoms with Crippen molar-refractivity contribution >= 4 is 11.6 Å². The third-order valence-corrected chi connectivity index (χ3v) is 4.50. The molecule has 2 rings (SSSR count). The Hall–Kier alpha value is -1.96. The van der Waals surface area contributed by atoms with E-state index < -0.39 is 11.7 Å². The summed E-state index contributed by atoms with van der Waals surface area (Å²) in [4.78, 5) is 8.92. The number of nitrogens with zero attached hydrogens (tertiary/aromatic N) is 3. The molecule has 0 aromatic heterocycles. The summed E-state index contributed by atoms with van der Waals surface area (Å²) in [5, 5.41) is 6.43. The first kappa shape index (κ1) is 22.3. The fourth-order valence-electron chi connectivity index (χ4n) is 3.07. The van der Waals surface area contributed by atoms with E-state index >= 15 is 0 Å². The molecular weight excluding hydrogens is 367 g/mol. The van der Waals surface area contributed by atoms with Gasteiger partial charge in [0.1, 0.15) is 0 Å². The zero-order valence-corrected chi connectivity index (χ0v) is 17.5. The molecule has 0 radical (unpaired) electrons. The molecule has 2 N–H and O–H groups in total. The fourth-order valence-corrected chi connectivity index (χ4v) is 3.07. The van der Waals surface area contributed by atoms with Crippen LogP contribution in [-0.4, -0.2) is 56.2 Å². The molecule has 1 saturated heterocycles. The van der Waals surface area contributed by atoms with Gasteiger partial charge in [0.15, 0.2) is 5.96 Å². The summed E-state index contributed by atoms with van der Waals surface area (Å²) in [5.74, 6) is 0.594. The number of hydrogen-bond acceptors (Lipinski definition) is 3. The van der Waals surface area contributed by atoms with E-state index in [4.69, 9.17) is 0 Å². The molecule has 0 unspecified atom stereocenters. The fraction of sp³-hybridized carbons (Fsp3) is 0.650. The molecule has 0 bridgehead atoms. The summed E-state index contributed by atoms with van der Waals surface area (Å²) < 4.78 is 39.8. The number of halogens is 3. The molecule has 1 aromatic rings. The minimum atomic E-state index is -4.37. The molecule has 28 heavy (non-hydrogen) atoms. The van der Waals surface area contributed by atoms with Crippen LogP contribution in [0.25, 0.3) is 0 Å². The van der Waals surface area contributed by atoms with Crippen LogP contribution in [0.5, 0.6) is 0 Å². The number of piperazine rings is 1. The molecule has 1 aliphatic heterocycles. The molecule has 1 aliphatic rings. The predicted molar refractivity (Wildman–Crippen MR) is 109 cm³/mol. The van der Waals surface area contributed by atoms with Crippen LogP contribution in [0.4, 0.5) is 18.9 Å². The molecule has 1 aromatic carbocycles. The lowest BCUT2D eigenvalue weighted by Gasteiger charge is -2.35. The largest absolute Gasteiger partial charge is 0.416 e. The second-order valence-electron chi connectivity index (χ2n) is 8.20. The highest BCUT2D eigenvalue weighted by molar-refractivity contribution is 5.80. The van der Waals surface area contributed by atoms with Crippen molar-refractivity contribution in [1.82, 2.24) is 15.5 Å². The Balaban J connectivity index is 2.33. The van der Waals surface area contributed by atoms with Gasteiger partial charge in [0.25, 0.3) is 0 Å². The number of rotatable bonds is 4. The minimum Gasteiger partial charge on any atom is -0.369 e. The number of aliphatic imine (C=N–C) groups is 1. The molecule has 0 saturated carbocycles. The van der Waals surface area contributed by atoms with Gasteiger partial charge in [-0.3, -0.25) is 0 Å². The third kappa shape index (κ3) is 6.58.